The van der Waals surface area contributed by atoms with Crippen molar-refractivity contribution in [3.8, 4) is 22.9 Å². The minimum atomic E-state index is -1.08. The summed E-state index contributed by atoms with van der Waals surface area (Å²) in [5.74, 6) is -0.588. The Morgan fingerprint density at radius 2 is 1.84 bits per heavy atom. The molecular formula is C35H37Cl2N5O7. The number of carboxylic acid groups (broad SMARTS) is 1. The molecule has 14 heteroatoms. The van der Waals surface area contributed by atoms with Crippen LogP contribution in [0.1, 0.15) is 51.6 Å². The van der Waals surface area contributed by atoms with Crippen LogP contribution in [0.15, 0.2) is 60.8 Å². The van der Waals surface area contributed by atoms with E-state index in [9.17, 15) is 14.7 Å². The molecule has 2 atom stereocenters. The Morgan fingerprint density at radius 1 is 1.04 bits per heavy atom. The van der Waals surface area contributed by atoms with Crippen molar-refractivity contribution in [1.82, 2.24) is 20.6 Å². The van der Waals surface area contributed by atoms with E-state index in [0.29, 0.717) is 53.5 Å². The van der Waals surface area contributed by atoms with Crippen molar-refractivity contribution in [3.63, 3.8) is 0 Å². The number of pyridine rings is 2. The van der Waals surface area contributed by atoms with E-state index in [1.165, 1.54) is 7.11 Å². The van der Waals surface area contributed by atoms with E-state index >= 15 is 0 Å². The van der Waals surface area contributed by atoms with Gasteiger partial charge in [-0.25, -0.2) is 4.98 Å². The molecule has 0 saturated heterocycles. The Labute approximate surface area is 293 Å². The number of aliphatic carboxylic acids is 1. The molecule has 1 aliphatic rings. The van der Waals surface area contributed by atoms with Crippen molar-refractivity contribution in [1.29, 1.82) is 0 Å². The quantitative estimate of drug-likeness (QED) is 0.0883. The summed E-state index contributed by atoms with van der Waals surface area (Å²) in [7, 11) is 1.48. The van der Waals surface area contributed by atoms with Crippen LogP contribution >= 0.6 is 23.2 Å². The number of hydrogen-bond acceptors (Lipinski definition) is 10. The number of hydrogen-bond donors (Lipinski definition) is 6. The topological polar surface area (TPSA) is 175 Å². The SMILES string of the molecule is COc1nc(O[C@H]2CCc3c(-c4cccc(C(=O)Nc5ccc(CNCCO)cn5)c4Cl)cccc32)c(Cl)cc1CNC[C@@H](O)CC(=O)O. The normalized spacial score (nSPS) is 14.3. The molecule has 0 bridgehead atoms. The molecule has 2 aromatic heterocycles. The van der Waals surface area contributed by atoms with Gasteiger partial charge in [-0.1, -0.05) is 59.6 Å². The lowest BCUT2D eigenvalue weighted by Crippen LogP contribution is -2.28. The maximum Gasteiger partial charge on any atom is 0.306 e. The fourth-order valence-electron chi connectivity index (χ4n) is 5.67. The number of aliphatic hydroxyl groups excluding tert-OH is 2. The molecule has 1 aliphatic carbocycles. The first-order valence-corrected chi connectivity index (χ1v) is 16.4. The first-order valence-electron chi connectivity index (χ1n) is 15.7. The predicted octanol–water partition coefficient (Wildman–Crippen LogP) is 4.78. The predicted molar refractivity (Wildman–Crippen MR) is 185 cm³/mol. The number of amides is 1. The first kappa shape index (κ1) is 36.0. The Hall–Kier alpha value is -4.30. The molecule has 258 valence electrons. The van der Waals surface area contributed by atoms with Gasteiger partial charge in [-0.15, -0.1) is 0 Å². The largest absolute Gasteiger partial charge is 0.481 e. The number of aliphatic hydroxyl groups is 2. The number of rotatable bonds is 16. The molecule has 6 N–H and O–H groups in total. The number of carbonyl (C=O) groups excluding carboxylic acids is 1. The average molecular weight is 711 g/mol. The number of anilines is 1. The van der Waals surface area contributed by atoms with Gasteiger partial charge in [0.15, 0.2) is 0 Å². The number of fused-ring (bicyclic) bond motifs is 1. The number of carbonyl (C=O) groups is 2. The van der Waals surface area contributed by atoms with Crippen LogP contribution in [-0.2, 0) is 24.3 Å². The van der Waals surface area contributed by atoms with E-state index in [2.05, 4.69) is 25.9 Å². The molecule has 5 rings (SSSR count). The van der Waals surface area contributed by atoms with E-state index in [1.807, 2.05) is 30.3 Å². The monoisotopic (exact) mass is 709 g/mol. The highest BCUT2D eigenvalue weighted by molar-refractivity contribution is 6.37. The zero-order valence-electron chi connectivity index (χ0n) is 26.7. The summed E-state index contributed by atoms with van der Waals surface area (Å²) >= 11 is 13.5. The minimum absolute atomic E-state index is 0.0476. The molecule has 12 nitrogen and oxygen atoms in total. The van der Waals surface area contributed by atoms with Gasteiger partial charge in [-0.3, -0.25) is 9.59 Å². The van der Waals surface area contributed by atoms with Gasteiger partial charge in [-0.05, 0) is 53.3 Å². The van der Waals surface area contributed by atoms with Crippen molar-refractivity contribution >= 4 is 40.9 Å². The molecule has 0 saturated carbocycles. The van der Waals surface area contributed by atoms with E-state index in [1.54, 1.807) is 30.5 Å². The van der Waals surface area contributed by atoms with Gasteiger partial charge in [0, 0.05) is 43.5 Å². The van der Waals surface area contributed by atoms with Crippen LogP contribution < -0.4 is 25.4 Å². The van der Waals surface area contributed by atoms with Gasteiger partial charge in [0.05, 0.1) is 36.8 Å². The van der Waals surface area contributed by atoms with E-state index in [-0.39, 0.29) is 54.9 Å². The minimum Gasteiger partial charge on any atom is -0.481 e. The summed E-state index contributed by atoms with van der Waals surface area (Å²) in [6, 6.07) is 16.5. The maximum absolute atomic E-state index is 13.3. The molecule has 1 amide bonds. The smallest absolute Gasteiger partial charge is 0.306 e. The zero-order chi connectivity index (χ0) is 34.9. The number of ether oxygens (including phenoxy) is 2. The molecular weight excluding hydrogens is 673 g/mol. The van der Waals surface area contributed by atoms with Crippen molar-refractivity contribution in [3.05, 3.63) is 98.7 Å². The van der Waals surface area contributed by atoms with E-state index in [4.69, 9.17) is 42.9 Å². The Morgan fingerprint density at radius 3 is 2.57 bits per heavy atom. The fraction of sp³-hybridized carbons (Fsp3) is 0.314. The molecule has 2 heterocycles. The van der Waals surface area contributed by atoms with Crippen LogP contribution in [0.5, 0.6) is 11.8 Å². The molecule has 0 radical (unpaired) electrons. The fourth-order valence-corrected chi connectivity index (χ4v) is 6.20. The van der Waals surface area contributed by atoms with Gasteiger partial charge in [0.1, 0.15) is 16.9 Å². The summed E-state index contributed by atoms with van der Waals surface area (Å²) < 4.78 is 11.8. The number of methoxy groups -OCH3 is 1. The number of nitrogens with zero attached hydrogens (tertiary/aromatic N) is 2. The summed E-state index contributed by atoms with van der Waals surface area (Å²) in [5.41, 5.74) is 5.46. The van der Waals surface area contributed by atoms with Crippen LogP contribution in [0.3, 0.4) is 0 Å². The van der Waals surface area contributed by atoms with Gasteiger partial charge in [-0.2, -0.15) is 4.98 Å². The third-order valence-corrected chi connectivity index (χ3v) is 8.65. The van der Waals surface area contributed by atoms with Crippen LogP contribution in [0, 0.1) is 0 Å². The molecule has 49 heavy (non-hydrogen) atoms. The molecule has 0 aliphatic heterocycles. The van der Waals surface area contributed by atoms with E-state index < -0.39 is 12.1 Å². The Balaban J connectivity index is 1.30. The first-order chi connectivity index (χ1) is 23.7. The van der Waals surface area contributed by atoms with Gasteiger partial charge >= 0.3 is 5.97 Å². The second-order valence-corrected chi connectivity index (χ2v) is 12.2. The molecule has 0 unspecified atom stereocenters. The lowest BCUT2D eigenvalue weighted by atomic mass is 9.95. The second kappa shape index (κ2) is 16.9. The molecule has 2 aromatic carbocycles. The van der Waals surface area contributed by atoms with Gasteiger partial charge in [0.2, 0.25) is 11.8 Å². The third kappa shape index (κ3) is 9.04. The highest BCUT2D eigenvalue weighted by atomic mass is 35.5. The van der Waals surface area contributed by atoms with Crippen LogP contribution in [-0.4, -0.2) is 70.1 Å². The maximum atomic E-state index is 13.3. The standard InChI is InChI=1S/C35H37Cl2N5O7/c1-48-34-21(18-39-19-22(44)15-31(45)46)14-28(36)35(42-34)49-29-10-9-24-23(4-2-5-25(24)29)26-6-3-7-27(32(26)37)33(47)41-30-11-8-20(17-40-30)16-38-12-13-43/h2-8,11,14,17,22,29,38-39,43-44H,9-10,12-13,15-16,18-19H2,1H3,(H,45,46)(H,40,41,47)/t22-,29-/m0/s1. The Bertz CT molecular complexity index is 1790. The average Bonchev–Trinajstić information content (AvgIpc) is 3.49. The van der Waals surface area contributed by atoms with Crippen LogP contribution in [0.25, 0.3) is 11.1 Å². The number of benzene rings is 2. The highest BCUT2D eigenvalue weighted by Crippen LogP contribution is 2.43. The molecule has 0 spiro atoms. The van der Waals surface area contributed by atoms with Crippen LogP contribution in [0.4, 0.5) is 5.82 Å². The summed E-state index contributed by atoms with van der Waals surface area (Å²) in [4.78, 5) is 32.9. The summed E-state index contributed by atoms with van der Waals surface area (Å²) in [5, 5.41) is 37.1. The van der Waals surface area contributed by atoms with Crippen molar-refractivity contribution in [2.45, 2.75) is 44.6 Å². The second-order valence-electron chi connectivity index (χ2n) is 11.4. The summed E-state index contributed by atoms with van der Waals surface area (Å²) in [6.07, 6.45) is 1.26. The Kier molecular flexibility index (Phi) is 12.4. The van der Waals surface area contributed by atoms with Crippen LogP contribution in [0.2, 0.25) is 10.0 Å². The number of halogens is 2. The van der Waals surface area contributed by atoms with E-state index in [0.717, 1.165) is 22.3 Å². The lowest BCUT2D eigenvalue weighted by molar-refractivity contribution is -0.139. The zero-order valence-corrected chi connectivity index (χ0v) is 28.2. The number of carboxylic acids is 1. The summed E-state index contributed by atoms with van der Waals surface area (Å²) in [6.45, 7) is 1.39. The number of nitrogens with one attached hydrogen (secondary N) is 3. The third-order valence-electron chi connectivity index (χ3n) is 7.97. The van der Waals surface area contributed by atoms with Crippen molar-refractivity contribution in [2.75, 3.05) is 32.1 Å². The van der Waals surface area contributed by atoms with Crippen molar-refractivity contribution < 1.29 is 34.4 Å². The van der Waals surface area contributed by atoms with Gasteiger partial charge < -0.3 is 40.7 Å². The molecule has 0 fully saturated rings. The highest BCUT2D eigenvalue weighted by Gasteiger charge is 2.29. The van der Waals surface area contributed by atoms with Crippen molar-refractivity contribution in [2.24, 2.45) is 0 Å². The van der Waals surface area contributed by atoms with Gasteiger partial charge in [0.25, 0.3) is 5.91 Å². The number of aromatic nitrogens is 2. The molecule has 4 aromatic rings. The lowest BCUT2D eigenvalue weighted by Gasteiger charge is -2.18.